The Kier molecular flexibility index (Phi) is 2.47. The summed E-state index contributed by atoms with van der Waals surface area (Å²) >= 11 is 0. The van der Waals surface area contributed by atoms with Crippen molar-refractivity contribution in [3.05, 3.63) is 24.3 Å². The fourth-order valence-corrected chi connectivity index (χ4v) is 1.28. The number of hydrogen-bond acceptors (Lipinski definition) is 2. The summed E-state index contributed by atoms with van der Waals surface area (Å²) in [6.45, 7) is 0. The van der Waals surface area contributed by atoms with E-state index in [1.54, 1.807) is 12.1 Å². The van der Waals surface area contributed by atoms with Gasteiger partial charge in [0.1, 0.15) is 0 Å². The van der Waals surface area contributed by atoms with Crippen molar-refractivity contribution in [2.75, 3.05) is 0 Å². The lowest BCUT2D eigenvalue weighted by molar-refractivity contribution is -0.123. The molecule has 0 bridgehead atoms. The summed E-state index contributed by atoms with van der Waals surface area (Å²) in [6.07, 6.45) is 5.23. The van der Waals surface area contributed by atoms with E-state index in [4.69, 9.17) is 11.0 Å². The lowest BCUT2D eigenvalue weighted by Crippen LogP contribution is -2.40. The number of allylic oxidation sites excluding steroid dienone is 3. The normalized spacial score (nSPS) is 31.2. The van der Waals surface area contributed by atoms with Crippen LogP contribution in [0.1, 0.15) is 6.42 Å². The highest BCUT2D eigenvalue weighted by atomic mass is 19.1. The van der Waals surface area contributed by atoms with Crippen molar-refractivity contribution in [3.8, 4) is 6.07 Å². The van der Waals surface area contributed by atoms with E-state index < -0.39 is 17.5 Å². The van der Waals surface area contributed by atoms with Gasteiger partial charge in [0.15, 0.2) is 5.67 Å². The molecule has 0 saturated carbocycles. The number of alkyl halides is 1. The Balaban J connectivity index is 2.94. The predicted octanol–water partition coefficient (Wildman–Crippen LogP) is 0.836. The average Bonchev–Trinajstić information content (AvgIpc) is 2.04. The van der Waals surface area contributed by atoms with Crippen molar-refractivity contribution in [1.82, 2.24) is 0 Å². The molecule has 1 amide bonds. The van der Waals surface area contributed by atoms with Crippen LogP contribution in [0.5, 0.6) is 0 Å². The molecule has 0 heterocycles. The fourth-order valence-electron chi connectivity index (χ4n) is 1.28. The number of carbonyl (C=O) groups is 1. The van der Waals surface area contributed by atoms with Crippen molar-refractivity contribution in [3.63, 3.8) is 0 Å². The maximum absolute atomic E-state index is 13.8. The standard InChI is InChI=1S/C9H9FN2O/c10-9(5-6-11)4-2-1-3-7(9)8(12)13/h1-4,7H,5H2,(H2,12,13). The molecule has 2 N–H and O–H groups in total. The quantitative estimate of drug-likeness (QED) is 0.684. The predicted molar refractivity (Wildman–Crippen MR) is 45.0 cm³/mol. The van der Waals surface area contributed by atoms with Crippen LogP contribution in [-0.2, 0) is 4.79 Å². The smallest absolute Gasteiger partial charge is 0.227 e. The third-order valence-electron chi connectivity index (χ3n) is 1.96. The van der Waals surface area contributed by atoms with Crippen molar-refractivity contribution >= 4 is 5.91 Å². The van der Waals surface area contributed by atoms with Crippen LogP contribution >= 0.6 is 0 Å². The summed E-state index contributed by atoms with van der Waals surface area (Å²) in [5, 5.41) is 8.38. The highest BCUT2D eigenvalue weighted by Crippen LogP contribution is 2.31. The van der Waals surface area contributed by atoms with Gasteiger partial charge in [-0.1, -0.05) is 18.2 Å². The summed E-state index contributed by atoms with van der Waals surface area (Å²) in [6, 6.07) is 1.69. The molecule has 2 unspecified atom stereocenters. The van der Waals surface area contributed by atoms with Gasteiger partial charge in [0, 0.05) is 0 Å². The van der Waals surface area contributed by atoms with E-state index in [0.717, 1.165) is 0 Å². The number of nitriles is 1. The third kappa shape index (κ3) is 1.75. The van der Waals surface area contributed by atoms with E-state index in [0.29, 0.717) is 0 Å². The van der Waals surface area contributed by atoms with Gasteiger partial charge < -0.3 is 5.73 Å². The van der Waals surface area contributed by atoms with Gasteiger partial charge in [-0.05, 0) is 6.08 Å². The molecule has 0 aromatic rings. The summed E-state index contributed by atoms with van der Waals surface area (Å²) in [4.78, 5) is 10.8. The number of rotatable bonds is 2. The molecule has 1 aliphatic rings. The zero-order valence-corrected chi connectivity index (χ0v) is 6.90. The molecule has 2 atom stereocenters. The number of nitrogens with zero attached hydrogens (tertiary/aromatic N) is 1. The fraction of sp³-hybridized carbons (Fsp3) is 0.333. The highest BCUT2D eigenvalue weighted by Gasteiger charge is 2.39. The van der Waals surface area contributed by atoms with Crippen molar-refractivity contribution in [1.29, 1.82) is 5.26 Å². The van der Waals surface area contributed by atoms with Crippen LogP contribution < -0.4 is 5.73 Å². The molecule has 68 valence electrons. The largest absolute Gasteiger partial charge is 0.369 e. The molecule has 0 aliphatic heterocycles. The van der Waals surface area contributed by atoms with E-state index in [2.05, 4.69) is 0 Å². The molecule has 0 aromatic heterocycles. The van der Waals surface area contributed by atoms with Gasteiger partial charge in [0.2, 0.25) is 5.91 Å². The third-order valence-corrected chi connectivity index (χ3v) is 1.96. The number of halogens is 1. The van der Waals surface area contributed by atoms with E-state index in [-0.39, 0.29) is 6.42 Å². The van der Waals surface area contributed by atoms with Gasteiger partial charge in [0.05, 0.1) is 18.4 Å². The second-order valence-corrected chi connectivity index (χ2v) is 2.89. The van der Waals surface area contributed by atoms with Crippen molar-refractivity contribution in [2.24, 2.45) is 11.7 Å². The number of primary amides is 1. The Morgan fingerprint density at radius 3 is 2.92 bits per heavy atom. The van der Waals surface area contributed by atoms with Crippen LogP contribution in [-0.4, -0.2) is 11.6 Å². The number of amides is 1. The molecule has 4 heteroatoms. The summed E-state index contributed by atoms with van der Waals surface area (Å²) in [7, 11) is 0. The summed E-state index contributed by atoms with van der Waals surface area (Å²) in [5.74, 6) is -1.78. The Morgan fingerprint density at radius 1 is 1.69 bits per heavy atom. The minimum Gasteiger partial charge on any atom is -0.369 e. The number of hydrogen-bond donors (Lipinski definition) is 1. The SMILES string of the molecule is N#CCC1(F)C=CC=CC1C(N)=O. The van der Waals surface area contributed by atoms with E-state index in [1.165, 1.54) is 18.2 Å². The van der Waals surface area contributed by atoms with Gasteiger partial charge in [-0.15, -0.1) is 0 Å². The molecular formula is C9H9FN2O. The Hall–Kier alpha value is -1.63. The van der Waals surface area contributed by atoms with Crippen LogP contribution in [0.15, 0.2) is 24.3 Å². The monoisotopic (exact) mass is 180 g/mol. The molecule has 0 spiro atoms. The molecule has 0 aromatic carbocycles. The van der Waals surface area contributed by atoms with Crippen LogP contribution in [0.2, 0.25) is 0 Å². The lowest BCUT2D eigenvalue weighted by Gasteiger charge is -2.26. The average molecular weight is 180 g/mol. The van der Waals surface area contributed by atoms with Gasteiger partial charge in [0.25, 0.3) is 0 Å². The van der Waals surface area contributed by atoms with Crippen molar-refractivity contribution in [2.45, 2.75) is 12.1 Å². The molecule has 3 nitrogen and oxygen atoms in total. The lowest BCUT2D eigenvalue weighted by atomic mass is 9.83. The molecule has 13 heavy (non-hydrogen) atoms. The van der Waals surface area contributed by atoms with Crippen LogP contribution in [0, 0.1) is 17.2 Å². The Morgan fingerprint density at radius 2 is 2.38 bits per heavy atom. The second kappa shape index (κ2) is 3.40. The molecule has 0 fully saturated rings. The molecular weight excluding hydrogens is 171 g/mol. The first-order chi connectivity index (χ1) is 6.10. The molecule has 0 saturated heterocycles. The van der Waals surface area contributed by atoms with E-state index >= 15 is 0 Å². The second-order valence-electron chi connectivity index (χ2n) is 2.89. The van der Waals surface area contributed by atoms with Crippen molar-refractivity contribution < 1.29 is 9.18 Å². The van der Waals surface area contributed by atoms with Crippen LogP contribution in [0.25, 0.3) is 0 Å². The Bertz CT molecular complexity index is 316. The molecule has 1 rings (SSSR count). The molecule has 1 aliphatic carbocycles. The van der Waals surface area contributed by atoms with Crippen LogP contribution in [0.4, 0.5) is 4.39 Å². The minimum absolute atomic E-state index is 0.360. The van der Waals surface area contributed by atoms with Gasteiger partial charge in [-0.3, -0.25) is 4.79 Å². The summed E-state index contributed by atoms with van der Waals surface area (Å²) < 4.78 is 13.8. The number of carbonyl (C=O) groups excluding carboxylic acids is 1. The first-order valence-electron chi connectivity index (χ1n) is 3.81. The highest BCUT2D eigenvalue weighted by molar-refractivity contribution is 5.81. The Labute approximate surface area is 75.3 Å². The van der Waals surface area contributed by atoms with E-state index in [9.17, 15) is 9.18 Å². The zero-order chi connectivity index (χ0) is 9.90. The van der Waals surface area contributed by atoms with Gasteiger partial charge in [-0.25, -0.2) is 4.39 Å². The first kappa shape index (κ1) is 9.46. The topological polar surface area (TPSA) is 66.9 Å². The first-order valence-corrected chi connectivity index (χ1v) is 3.81. The molecule has 0 radical (unpaired) electrons. The van der Waals surface area contributed by atoms with Crippen LogP contribution in [0.3, 0.4) is 0 Å². The number of nitrogens with two attached hydrogens (primary N) is 1. The minimum atomic E-state index is -1.94. The summed E-state index contributed by atoms with van der Waals surface area (Å²) in [5.41, 5.74) is 3.06. The van der Waals surface area contributed by atoms with Gasteiger partial charge >= 0.3 is 0 Å². The van der Waals surface area contributed by atoms with Gasteiger partial charge in [-0.2, -0.15) is 5.26 Å². The van der Waals surface area contributed by atoms with E-state index in [1.807, 2.05) is 0 Å². The zero-order valence-electron chi connectivity index (χ0n) is 6.90. The maximum atomic E-state index is 13.8. The maximum Gasteiger partial charge on any atom is 0.227 e.